The third-order valence-electron chi connectivity index (χ3n) is 9.12. The number of hydrogen-bond donors (Lipinski definition) is 0. The number of fused-ring (bicyclic) bond motifs is 13. The summed E-state index contributed by atoms with van der Waals surface area (Å²) >= 11 is 0. The Morgan fingerprint density at radius 2 is 0.825 bits per heavy atom. The molecule has 0 aliphatic carbocycles. The summed E-state index contributed by atoms with van der Waals surface area (Å²) in [4.78, 5) is 0. The third-order valence-corrected chi connectivity index (χ3v) is 9.12. The lowest BCUT2D eigenvalue weighted by molar-refractivity contribution is 0.656. The van der Waals surface area contributed by atoms with Gasteiger partial charge in [-0.3, -0.25) is 0 Å². The van der Waals surface area contributed by atoms with E-state index < -0.39 is 0 Å². The van der Waals surface area contributed by atoms with E-state index in [0.717, 1.165) is 22.2 Å². The number of para-hydroxylation sites is 5. The monoisotopic (exact) mass is 509 g/mol. The second-order valence-corrected chi connectivity index (χ2v) is 11.0. The lowest BCUT2D eigenvalue weighted by Crippen LogP contribution is -1.97. The van der Waals surface area contributed by atoms with Crippen LogP contribution in [0.25, 0.3) is 93.1 Å². The molecule has 5 aromatic heterocycles. The van der Waals surface area contributed by atoms with E-state index in [-0.39, 0.29) is 0 Å². The molecule has 0 aliphatic rings. The van der Waals surface area contributed by atoms with Gasteiger partial charge in [-0.15, -0.1) is 0 Å². The van der Waals surface area contributed by atoms with E-state index in [2.05, 4.69) is 128 Å². The molecule has 0 saturated heterocycles. The maximum atomic E-state index is 6.65. The first kappa shape index (κ1) is 19.6. The Morgan fingerprint density at radius 1 is 0.325 bits per heavy atom. The van der Waals surface area contributed by atoms with Gasteiger partial charge in [-0.1, -0.05) is 72.8 Å². The zero-order chi connectivity index (χ0) is 25.7. The van der Waals surface area contributed by atoms with Crippen molar-refractivity contribution in [3.05, 3.63) is 115 Å². The van der Waals surface area contributed by atoms with Crippen LogP contribution in [0.4, 0.5) is 0 Å². The Kier molecular flexibility index (Phi) is 3.12. The van der Waals surface area contributed by atoms with Crippen LogP contribution in [0.3, 0.4) is 0 Å². The lowest BCUT2D eigenvalue weighted by atomic mass is 10.1. The van der Waals surface area contributed by atoms with Gasteiger partial charge in [0, 0.05) is 32.3 Å². The summed E-state index contributed by atoms with van der Waals surface area (Å²) in [5.41, 5.74) is 12.6. The molecule has 5 heterocycles. The number of benzene rings is 6. The fourth-order valence-electron chi connectivity index (χ4n) is 7.62. The molecule has 4 heteroatoms. The van der Waals surface area contributed by atoms with Crippen LogP contribution in [0.1, 0.15) is 0 Å². The molecule has 0 radical (unpaired) electrons. The summed E-state index contributed by atoms with van der Waals surface area (Å²) in [7, 11) is 0. The van der Waals surface area contributed by atoms with Crippen LogP contribution >= 0.6 is 0 Å². The van der Waals surface area contributed by atoms with E-state index in [1.165, 1.54) is 70.9 Å². The second kappa shape index (κ2) is 6.38. The predicted octanol–water partition coefficient (Wildman–Crippen LogP) is 9.55. The molecule has 0 amide bonds. The maximum Gasteiger partial charge on any atom is 0.152 e. The van der Waals surface area contributed by atoms with Gasteiger partial charge in [0.1, 0.15) is 0 Å². The topological polar surface area (TPSA) is 26.4 Å². The molecule has 0 N–H and O–H groups in total. The van der Waals surface area contributed by atoms with Gasteiger partial charge in [0.15, 0.2) is 11.2 Å². The van der Waals surface area contributed by atoms with Gasteiger partial charge in [0.05, 0.1) is 49.7 Å². The highest BCUT2D eigenvalue weighted by Gasteiger charge is 2.22. The minimum Gasteiger partial charge on any atom is -0.453 e. The molecule has 6 aromatic carbocycles. The SMILES string of the molecule is c1ccc2c(c1)c1cccc3oc4cc5c6cccc7c6n(c5cc4n2c31)c1cccc2c3ccccc3n7c21. The molecule has 40 heavy (non-hydrogen) atoms. The molecule has 0 saturated carbocycles. The van der Waals surface area contributed by atoms with Crippen LogP contribution in [-0.2, 0) is 0 Å². The van der Waals surface area contributed by atoms with Gasteiger partial charge < -0.3 is 17.6 Å². The van der Waals surface area contributed by atoms with Crippen LogP contribution in [0.15, 0.2) is 120 Å². The van der Waals surface area contributed by atoms with Gasteiger partial charge in [-0.2, -0.15) is 0 Å². The van der Waals surface area contributed by atoms with Crippen molar-refractivity contribution in [2.75, 3.05) is 0 Å². The first-order chi connectivity index (χ1) is 19.9. The number of aromatic nitrogens is 3. The summed E-state index contributed by atoms with van der Waals surface area (Å²) in [6.07, 6.45) is 0. The molecule has 4 nitrogen and oxygen atoms in total. The quantitative estimate of drug-likeness (QED) is 0.187. The van der Waals surface area contributed by atoms with Crippen molar-refractivity contribution < 1.29 is 4.42 Å². The standard InChI is InChI=1S/C36H19N3O/c1-3-13-26-20(8-1)22-10-5-16-29-34(22)37(26)28-15-6-11-24-25-18-33-31(19-30(25)39(29)35(24)28)38-27-14-4-2-9-21(27)23-12-7-17-32(40-33)36(23)38/h1-19H. The number of hydrogen-bond acceptors (Lipinski definition) is 1. The third kappa shape index (κ3) is 2.02. The Labute approximate surface area is 225 Å². The first-order valence-corrected chi connectivity index (χ1v) is 13.7. The smallest absolute Gasteiger partial charge is 0.152 e. The molecule has 184 valence electrons. The highest BCUT2D eigenvalue weighted by atomic mass is 16.3. The molecule has 11 aromatic rings. The minimum absolute atomic E-state index is 0.890. The average Bonchev–Trinajstić information content (AvgIpc) is 3.64. The zero-order valence-corrected chi connectivity index (χ0v) is 21.2. The summed E-state index contributed by atoms with van der Waals surface area (Å²) in [5.74, 6) is 0. The average molecular weight is 510 g/mol. The molecule has 0 bridgehead atoms. The zero-order valence-electron chi connectivity index (χ0n) is 21.2. The molecule has 0 unspecified atom stereocenters. The van der Waals surface area contributed by atoms with Crippen molar-refractivity contribution in [1.82, 2.24) is 13.2 Å². The largest absolute Gasteiger partial charge is 0.453 e. The van der Waals surface area contributed by atoms with Gasteiger partial charge >= 0.3 is 0 Å². The van der Waals surface area contributed by atoms with Crippen LogP contribution in [0, 0.1) is 0 Å². The van der Waals surface area contributed by atoms with Gasteiger partial charge in [-0.25, -0.2) is 0 Å². The summed E-state index contributed by atoms with van der Waals surface area (Å²) < 4.78 is 14.0. The van der Waals surface area contributed by atoms with Crippen molar-refractivity contribution in [3.8, 4) is 0 Å². The molecule has 0 atom stereocenters. The molecule has 0 fully saturated rings. The van der Waals surface area contributed by atoms with Crippen LogP contribution < -0.4 is 0 Å². The molecule has 11 rings (SSSR count). The summed E-state index contributed by atoms with van der Waals surface area (Å²) in [6.45, 7) is 0. The predicted molar refractivity (Wildman–Crippen MR) is 165 cm³/mol. The normalized spacial score (nSPS) is 13.0. The van der Waals surface area contributed by atoms with E-state index in [4.69, 9.17) is 4.42 Å². The fraction of sp³-hybridized carbons (Fsp3) is 0. The highest BCUT2D eigenvalue weighted by molar-refractivity contribution is 6.23. The second-order valence-electron chi connectivity index (χ2n) is 11.0. The van der Waals surface area contributed by atoms with Crippen molar-refractivity contribution in [2.45, 2.75) is 0 Å². The van der Waals surface area contributed by atoms with Gasteiger partial charge in [-0.05, 0) is 42.5 Å². The van der Waals surface area contributed by atoms with E-state index in [0.29, 0.717) is 0 Å². The molecule has 0 aliphatic heterocycles. The first-order valence-electron chi connectivity index (χ1n) is 13.7. The lowest BCUT2D eigenvalue weighted by Gasteiger charge is -2.11. The van der Waals surface area contributed by atoms with Gasteiger partial charge in [0.2, 0.25) is 0 Å². The van der Waals surface area contributed by atoms with Crippen LogP contribution in [0.5, 0.6) is 0 Å². The van der Waals surface area contributed by atoms with E-state index in [1.807, 2.05) is 0 Å². The number of nitrogens with zero attached hydrogens (tertiary/aromatic N) is 3. The van der Waals surface area contributed by atoms with Crippen molar-refractivity contribution >= 4 is 93.1 Å². The maximum absolute atomic E-state index is 6.65. The van der Waals surface area contributed by atoms with E-state index in [1.54, 1.807) is 0 Å². The Hall–Kier alpha value is -5.48. The Balaban J connectivity index is 1.47. The Bertz CT molecular complexity index is 2870. The molecule has 0 spiro atoms. The van der Waals surface area contributed by atoms with E-state index in [9.17, 15) is 0 Å². The Morgan fingerprint density at radius 3 is 1.52 bits per heavy atom. The molecular formula is C36H19N3O. The van der Waals surface area contributed by atoms with Crippen molar-refractivity contribution in [3.63, 3.8) is 0 Å². The van der Waals surface area contributed by atoms with Crippen molar-refractivity contribution in [1.29, 1.82) is 0 Å². The van der Waals surface area contributed by atoms with Crippen molar-refractivity contribution in [2.24, 2.45) is 0 Å². The van der Waals surface area contributed by atoms with Crippen LogP contribution in [-0.4, -0.2) is 13.2 Å². The van der Waals surface area contributed by atoms with Crippen LogP contribution in [0.2, 0.25) is 0 Å². The summed E-state index contributed by atoms with van der Waals surface area (Å²) in [5, 5.41) is 7.47. The summed E-state index contributed by atoms with van der Waals surface area (Å²) in [6, 6.07) is 41.8. The minimum atomic E-state index is 0.890. The van der Waals surface area contributed by atoms with E-state index >= 15 is 0 Å². The molecular weight excluding hydrogens is 490 g/mol. The van der Waals surface area contributed by atoms with Gasteiger partial charge in [0.25, 0.3) is 0 Å². The number of rotatable bonds is 0. The highest BCUT2D eigenvalue weighted by Crippen LogP contribution is 2.43. The fourth-order valence-corrected chi connectivity index (χ4v) is 7.62.